The molecule has 82 valence electrons. The third kappa shape index (κ3) is 3.78. The van der Waals surface area contributed by atoms with Crippen LogP contribution in [0.1, 0.15) is 49.4 Å². The van der Waals surface area contributed by atoms with Crippen LogP contribution in [-0.2, 0) is 0 Å². The Bertz CT molecular complexity index is 336. The van der Waals surface area contributed by atoms with Crippen molar-refractivity contribution in [3.8, 4) is 0 Å². The molecule has 0 fully saturated rings. The number of hydrogen-bond donors (Lipinski definition) is 0. The second-order valence-electron chi connectivity index (χ2n) is 4.01. The number of rotatable bonds is 5. The summed E-state index contributed by atoms with van der Waals surface area (Å²) in [4.78, 5) is 19.9. The van der Waals surface area contributed by atoms with Gasteiger partial charge in [0.15, 0.2) is 5.78 Å². The number of nitrogens with zero attached hydrogens (tertiary/aromatic N) is 2. The van der Waals surface area contributed by atoms with Crippen molar-refractivity contribution in [2.75, 3.05) is 0 Å². The average molecular weight is 206 g/mol. The number of Topliss-reactive ketones (excluding diaryl/α,β-unsaturated/α-hetero) is 1. The smallest absolute Gasteiger partial charge is 0.181 e. The van der Waals surface area contributed by atoms with Crippen molar-refractivity contribution in [2.45, 2.75) is 40.0 Å². The van der Waals surface area contributed by atoms with E-state index in [0.29, 0.717) is 23.9 Å². The van der Waals surface area contributed by atoms with Crippen molar-refractivity contribution in [3.63, 3.8) is 0 Å². The molecule has 0 aromatic carbocycles. The van der Waals surface area contributed by atoms with Crippen molar-refractivity contribution in [1.82, 2.24) is 9.97 Å². The predicted molar refractivity (Wildman–Crippen MR) is 59.8 cm³/mol. The van der Waals surface area contributed by atoms with Gasteiger partial charge in [-0.15, -0.1) is 0 Å². The molecule has 0 saturated heterocycles. The first kappa shape index (κ1) is 11.8. The molecule has 1 heterocycles. The minimum atomic E-state index is 0.126. The summed E-state index contributed by atoms with van der Waals surface area (Å²) >= 11 is 0. The van der Waals surface area contributed by atoms with Gasteiger partial charge in [-0.2, -0.15) is 0 Å². The number of carbonyl (C=O) groups is 1. The average Bonchev–Trinajstić information content (AvgIpc) is 2.18. The quantitative estimate of drug-likeness (QED) is 0.696. The van der Waals surface area contributed by atoms with Crippen molar-refractivity contribution in [1.29, 1.82) is 0 Å². The molecule has 3 nitrogen and oxygen atoms in total. The highest BCUT2D eigenvalue weighted by atomic mass is 16.1. The number of hydrogen-bond acceptors (Lipinski definition) is 3. The topological polar surface area (TPSA) is 42.9 Å². The van der Waals surface area contributed by atoms with Gasteiger partial charge < -0.3 is 0 Å². The highest BCUT2D eigenvalue weighted by molar-refractivity contribution is 5.94. The summed E-state index contributed by atoms with van der Waals surface area (Å²) in [7, 11) is 0. The second kappa shape index (κ2) is 5.59. The maximum atomic E-state index is 11.8. The fourth-order valence-electron chi connectivity index (χ4n) is 1.63. The largest absolute Gasteiger partial charge is 0.292 e. The molecule has 0 bridgehead atoms. The Morgan fingerprint density at radius 2 is 2.27 bits per heavy atom. The van der Waals surface area contributed by atoms with E-state index in [4.69, 9.17) is 0 Å². The van der Waals surface area contributed by atoms with E-state index in [9.17, 15) is 4.79 Å². The zero-order chi connectivity index (χ0) is 11.3. The van der Waals surface area contributed by atoms with Crippen LogP contribution in [0.5, 0.6) is 0 Å². The van der Waals surface area contributed by atoms with Crippen molar-refractivity contribution < 1.29 is 4.79 Å². The first-order chi connectivity index (χ1) is 7.13. The molecule has 0 aliphatic carbocycles. The zero-order valence-electron chi connectivity index (χ0n) is 9.66. The van der Waals surface area contributed by atoms with E-state index in [-0.39, 0.29) is 5.78 Å². The van der Waals surface area contributed by atoms with E-state index in [1.807, 2.05) is 0 Å². The Morgan fingerprint density at radius 1 is 1.53 bits per heavy atom. The van der Waals surface area contributed by atoms with Crippen LogP contribution < -0.4 is 0 Å². The van der Waals surface area contributed by atoms with Crippen LogP contribution in [0.2, 0.25) is 0 Å². The normalized spacial score (nSPS) is 12.5. The Labute approximate surface area is 91.0 Å². The van der Waals surface area contributed by atoms with Gasteiger partial charge in [0.2, 0.25) is 0 Å². The summed E-state index contributed by atoms with van der Waals surface area (Å²) in [5, 5.41) is 0. The maximum Gasteiger partial charge on any atom is 0.181 e. The summed E-state index contributed by atoms with van der Waals surface area (Å²) in [6, 6.07) is 1.69. The molecule has 0 aliphatic rings. The van der Waals surface area contributed by atoms with Gasteiger partial charge in [-0.3, -0.25) is 4.79 Å². The highest BCUT2D eigenvalue weighted by Gasteiger charge is 2.11. The molecule has 1 atom stereocenters. The van der Waals surface area contributed by atoms with Crippen LogP contribution in [0.15, 0.2) is 12.3 Å². The van der Waals surface area contributed by atoms with Crippen LogP contribution in [0.3, 0.4) is 0 Å². The third-order valence-electron chi connectivity index (χ3n) is 2.38. The molecule has 0 amide bonds. The lowest BCUT2D eigenvalue weighted by atomic mass is 9.98. The van der Waals surface area contributed by atoms with E-state index in [0.717, 1.165) is 12.8 Å². The van der Waals surface area contributed by atoms with E-state index in [1.165, 1.54) is 0 Å². The first-order valence-electron chi connectivity index (χ1n) is 5.46. The lowest BCUT2D eigenvalue weighted by molar-refractivity contribution is 0.0957. The molecule has 3 heteroatoms. The molecule has 0 saturated carbocycles. The summed E-state index contributed by atoms with van der Waals surface area (Å²) in [5.41, 5.74) is 0.547. The lowest BCUT2D eigenvalue weighted by Gasteiger charge is -2.08. The summed E-state index contributed by atoms with van der Waals surface area (Å²) in [6.45, 7) is 6.04. The monoisotopic (exact) mass is 206 g/mol. The maximum absolute atomic E-state index is 11.8. The number of ketones is 1. The van der Waals surface area contributed by atoms with Crippen molar-refractivity contribution in [3.05, 3.63) is 23.8 Å². The summed E-state index contributed by atoms with van der Waals surface area (Å²) in [5.74, 6) is 1.23. The van der Waals surface area contributed by atoms with Crippen LogP contribution in [0, 0.1) is 12.8 Å². The zero-order valence-corrected chi connectivity index (χ0v) is 9.66. The SMILES string of the molecule is CCCC(C)CC(=O)c1ccnc(C)n1. The van der Waals surface area contributed by atoms with E-state index >= 15 is 0 Å². The molecule has 1 aromatic rings. The van der Waals surface area contributed by atoms with Gasteiger partial charge in [0, 0.05) is 12.6 Å². The van der Waals surface area contributed by atoms with Crippen LogP contribution in [-0.4, -0.2) is 15.8 Å². The van der Waals surface area contributed by atoms with E-state index in [2.05, 4.69) is 23.8 Å². The fourth-order valence-corrected chi connectivity index (χ4v) is 1.63. The Hall–Kier alpha value is -1.25. The minimum absolute atomic E-state index is 0.126. The van der Waals surface area contributed by atoms with Gasteiger partial charge in [0.1, 0.15) is 11.5 Å². The Kier molecular flexibility index (Phi) is 4.40. The fraction of sp³-hybridized carbons (Fsp3) is 0.583. The predicted octanol–water partition coefficient (Wildman–Crippen LogP) is 2.79. The highest BCUT2D eigenvalue weighted by Crippen LogP contribution is 2.13. The third-order valence-corrected chi connectivity index (χ3v) is 2.38. The van der Waals surface area contributed by atoms with Gasteiger partial charge in [-0.1, -0.05) is 26.7 Å². The first-order valence-corrected chi connectivity index (χ1v) is 5.46. The number of carbonyl (C=O) groups excluding carboxylic acids is 1. The summed E-state index contributed by atoms with van der Waals surface area (Å²) < 4.78 is 0. The van der Waals surface area contributed by atoms with Gasteiger partial charge >= 0.3 is 0 Å². The van der Waals surface area contributed by atoms with Crippen LogP contribution >= 0.6 is 0 Å². The molecule has 1 unspecified atom stereocenters. The van der Waals surface area contributed by atoms with E-state index < -0.39 is 0 Å². The molecule has 15 heavy (non-hydrogen) atoms. The number of aromatic nitrogens is 2. The second-order valence-corrected chi connectivity index (χ2v) is 4.01. The molecule has 0 spiro atoms. The van der Waals surface area contributed by atoms with Gasteiger partial charge in [0.05, 0.1) is 0 Å². The Balaban J connectivity index is 2.61. The van der Waals surface area contributed by atoms with Crippen molar-refractivity contribution in [2.24, 2.45) is 5.92 Å². The standard InChI is InChI=1S/C12H18N2O/c1-4-5-9(2)8-12(15)11-6-7-13-10(3)14-11/h6-7,9H,4-5,8H2,1-3H3. The molecular formula is C12H18N2O. The van der Waals surface area contributed by atoms with Crippen LogP contribution in [0.4, 0.5) is 0 Å². The molecule has 0 N–H and O–H groups in total. The lowest BCUT2D eigenvalue weighted by Crippen LogP contribution is -2.08. The summed E-state index contributed by atoms with van der Waals surface area (Å²) in [6.07, 6.45) is 4.44. The van der Waals surface area contributed by atoms with Gasteiger partial charge in [0.25, 0.3) is 0 Å². The van der Waals surface area contributed by atoms with Gasteiger partial charge in [-0.05, 0) is 18.9 Å². The molecule has 1 aromatic heterocycles. The van der Waals surface area contributed by atoms with E-state index in [1.54, 1.807) is 19.2 Å². The van der Waals surface area contributed by atoms with Crippen molar-refractivity contribution >= 4 is 5.78 Å². The molecule has 0 radical (unpaired) electrons. The molecule has 1 rings (SSSR count). The number of aryl methyl sites for hydroxylation is 1. The molecular weight excluding hydrogens is 188 g/mol. The Morgan fingerprint density at radius 3 is 2.87 bits per heavy atom. The molecule has 0 aliphatic heterocycles. The van der Waals surface area contributed by atoms with Gasteiger partial charge in [-0.25, -0.2) is 9.97 Å². The van der Waals surface area contributed by atoms with Crippen LogP contribution in [0.25, 0.3) is 0 Å². The minimum Gasteiger partial charge on any atom is -0.292 e.